The summed E-state index contributed by atoms with van der Waals surface area (Å²) in [6.07, 6.45) is -0.0573. The summed E-state index contributed by atoms with van der Waals surface area (Å²) in [7, 11) is 0. The second-order valence-electron chi connectivity index (χ2n) is 7.30. The summed E-state index contributed by atoms with van der Waals surface area (Å²) in [4.78, 5) is 25.2. The standard InChI is InChI=1S/C22H26N2O5/c1-13-4-3-5-20(29-9-8-25)18(13)12-17-11-16-10-15(21(23)27)6-7-19(16)24(14(2)26)22(17)28/h3-7,10,17,22,25,28H,8-9,11-12H2,1-2H3,(H2,23,27). The maximum absolute atomic E-state index is 12.3. The van der Waals surface area contributed by atoms with Gasteiger partial charge in [0.15, 0.2) is 0 Å². The SMILES string of the molecule is CC(=O)N1c2ccc(C(N)=O)cc2CC(Cc2c(C)cccc2OCCO)C1O. The van der Waals surface area contributed by atoms with Gasteiger partial charge in [-0.3, -0.25) is 14.5 Å². The van der Waals surface area contributed by atoms with Crippen molar-refractivity contribution in [2.45, 2.75) is 32.9 Å². The summed E-state index contributed by atoms with van der Waals surface area (Å²) < 4.78 is 5.66. The lowest BCUT2D eigenvalue weighted by atomic mass is 9.84. The van der Waals surface area contributed by atoms with E-state index in [-0.39, 0.29) is 25.0 Å². The largest absolute Gasteiger partial charge is 0.491 e. The Balaban J connectivity index is 1.98. The van der Waals surface area contributed by atoms with E-state index in [2.05, 4.69) is 0 Å². The molecule has 0 aromatic heterocycles. The van der Waals surface area contributed by atoms with Crippen LogP contribution in [0, 0.1) is 12.8 Å². The van der Waals surface area contributed by atoms with E-state index in [4.69, 9.17) is 15.6 Å². The first-order valence-electron chi connectivity index (χ1n) is 9.56. The van der Waals surface area contributed by atoms with E-state index in [0.29, 0.717) is 29.8 Å². The Morgan fingerprint density at radius 1 is 1.28 bits per heavy atom. The van der Waals surface area contributed by atoms with Crippen molar-refractivity contribution in [2.75, 3.05) is 18.1 Å². The van der Waals surface area contributed by atoms with Crippen molar-refractivity contribution in [1.82, 2.24) is 0 Å². The van der Waals surface area contributed by atoms with Crippen LogP contribution in [0.5, 0.6) is 5.75 Å². The molecule has 0 saturated heterocycles. The molecule has 0 spiro atoms. The maximum Gasteiger partial charge on any atom is 0.248 e. The number of aliphatic hydroxyl groups is 2. The molecule has 0 aliphatic carbocycles. The number of nitrogens with two attached hydrogens (primary N) is 1. The van der Waals surface area contributed by atoms with Crippen LogP contribution in [0.2, 0.25) is 0 Å². The number of hydrogen-bond donors (Lipinski definition) is 3. The van der Waals surface area contributed by atoms with Gasteiger partial charge in [0.25, 0.3) is 0 Å². The Morgan fingerprint density at radius 3 is 2.69 bits per heavy atom. The number of rotatable bonds is 6. The first kappa shape index (κ1) is 20.8. The molecule has 29 heavy (non-hydrogen) atoms. The van der Waals surface area contributed by atoms with Crippen LogP contribution < -0.4 is 15.4 Å². The van der Waals surface area contributed by atoms with Crippen LogP contribution in [0.1, 0.15) is 34.0 Å². The fraction of sp³-hybridized carbons (Fsp3) is 0.364. The van der Waals surface area contributed by atoms with Gasteiger partial charge in [-0.1, -0.05) is 12.1 Å². The predicted octanol–water partition coefficient (Wildman–Crippen LogP) is 1.55. The third-order valence-electron chi connectivity index (χ3n) is 5.31. The van der Waals surface area contributed by atoms with Crippen LogP contribution in [0.4, 0.5) is 5.69 Å². The zero-order valence-corrected chi connectivity index (χ0v) is 16.6. The first-order chi connectivity index (χ1) is 13.8. The number of aliphatic hydroxyl groups excluding tert-OH is 2. The Kier molecular flexibility index (Phi) is 6.20. The number of carbonyl (C=O) groups excluding carboxylic acids is 2. The van der Waals surface area contributed by atoms with Gasteiger partial charge < -0.3 is 20.7 Å². The lowest BCUT2D eigenvalue weighted by Crippen LogP contribution is -2.48. The molecule has 4 N–H and O–H groups in total. The normalized spacial score (nSPS) is 18.3. The van der Waals surface area contributed by atoms with Gasteiger partial charge in [0.1, 0.15) is 18.6 Å². The Bertz CT molecular complexity index is 927. The third kappa shape index (κ3) is 4.26. The number of hydrogen-bond acceptors (Lipinski definition) is 5. The van der Waals surface area contributed by atoms with Crippen molar-refractivity contribution in [1.29, 1.82) is 0 Å². The molecule has 1 heterocycles. The van der Waals surface area contributed by atoms with Crippen molar-refractivity contribution in [3.8, 4) is 5.75 Å². The average Bonchev–Trinajstić information content (AvgIpc) is 2.68. The van der Waals surface area contributed by atoms with E-state index >= 15 is 0 Å². The maximum atomic E-state index is 12.3. The minimum atomic E-state index is -1.01. The Labute approximate surface area is 169 Å². The number of amides is 2. The molecule has 7 nitrogen and oxygen atoms in total. The molecule has 2 aromatic carbocycles. The highest BCUT2D eigenvalue weighted by Gasteiger charge is 2.36. The quantitative estimate of drug-likeness (QED) is 0.683. The van der Waals surface area contributed by atoms with Crippen molar-refractivity contribution in [3.05, 3.63) is 58.7 Å². The number of benzene rings is 2. The number of ether oxygens (including phenoxy) is 1. The van der Waals surface area contributed by atoms with E-state index in [0.717, 1.165) is 16.7 Å². The van der Waals surface area contributed by atoms with Crippen LogP contribution in [-0.4, -0.2) is 41.5 Å². The molecule has 2 amide bonds. The molecule has 1 aliphatic heterocycles. The van der Waals surface area contributed by atoms with Crippen molar-refractivity contribution >= 4 is 17.5 Å². The van der Waals surface area contributed by atoms with Crippen LogP contribution in [0.15, 0.2) is 36.4 Å². The van der Waals surface area contributed by atoms with E-state index in [1.165, 1.54) is 11.8 Å². The summed E-state index contributed by atoms with van der Waals surface area (Å²) in [5.41, 5.74) is 9.07. The van der Waals surface area contributed by atoms with E-state index in [9.17, 15) is 14.7 Å². The second-order valence-corrected chi connectivity index (χ2v) is 7.30. The van der Waals surface area contributed by atoms with Gasteiger partial charge in [-0.15, -0.1) is 0 Å². The minimum Gasteiger partial charge on any atom is -0.491 e. The van der Waals surface area contributed by atoms with E-state index in [1.807, 2.05) is 25.1 Å². The van der Waals surface area contributed by atoms with Gasteiger partial charge in [-0.2, -0.15) is 0 Å². The third-order valence-corrected chi connectivity index (χ3v) is 5.31. The second kappa shape index (κ2) is 8.63. The lowest BCUT2D eigenvalue weighted by molar-refractivity contribution is -0.119. The lowest BCUT2D eigenvalue weighted by Gasteiger charge is -2.39. The summed E-state index contributed by atoms with van der Waals surface area (Å²) in [6, 6.07) is 10.6. The minimum absolute atomic E-state index is 0.0964. The molecule has 2 unspecified atom stereocenters. The zero-order valence-electron chi connectivity index (χ0n) is 16.6. The van der Waals surface area contributed by atoms with Gasteiger partial charge in [0, 0.05) is 24.1 Å². The average molecular weight is 398 g/mol. The van der Waals surface area contributed by atoms with Crippen LogP contribution in [-0.2, 0) is 17.6 Å². The van der Waals surface area contributed by atoms with Gasteiger partial charge in [-0.05, 0) is 60.7 Å². The van der Waals surface area contributed by atoms with Crippen LogP contribution in [0.25, 0.3) is 0 Å². The van der Waals surface area contributed by atoms with E-state index in [1.54, 1.807) is 18.2 Å². The molecular weight excluding hydrogens is 372 g/mol. The van der Waals surface area contributed by atoms with Crippen molar-refractivity contribution in [3.63, 3.8) is 0 Å². The van der Waals surface area contributed by atoms with Crippen molar-refractivity contribution < 1.29 is 24.5 Å². The van der Waals surface area contributed by atoms with Gasteiger partial charge in [-0.25, -0.2) is 0 Å². The molecule has 2 atom stereocenters. The molecule has 7 heteroatoms. The molecule has 0 radical (unpaired) electrons. The highest BCUT2D eigenvalue weighted by molar-refractivity contribution is 5.96. The van der Waals surface area contributed by atoms with Gasteiger partial charge >= 0.3 is 0 Å². The smallest absolute Gasteiger partial charge is 0.248 e. The monoisotopic (exact) mass is 398 g/mol. The Morgan fingerprint density at radius 2 is 2.03 bits per heavy atom. The fourth-order valence-electron chi connectivity index (χ4n) is 3.90. The molecule has 0 fully saturated rings. The number of carbonyl (C=O) groups is 2. The summed E-state index contributed by atoms with van der Waals surface area (Å²) in [5, 5.41) is 20.1. The number of primary amides is 1. The molecular formula is C22H26N2O5. The Hall–Kier alpha value is -2.90. The predicted molar refractivity (Wildman–Crippen MR) is 109 cm³/mol. The number of fused-ring (bicyclic) bond motifs is 1. The van der Waals surface area contributed by atoms with Crippen LogP contribution in [0.3, 0.4) is 0 Å². The van der Waals surface area contributed by atoms with Gasteiger partial charge in [0.05, 0.1) is 6.61 Å². The number of anilines is 1. The topological polar surface area (TPSA) is 113 Å². The molecule has 3 rings (SSSR count). The highest BCUT2D eigenvalue weighted by atomic mass is 16.5. The molecule has 154 valence electrons. The zero-order chi connectivity index (χ0) is 21.1. The van der Waals surface area contributed by atoms with Crippen molar-refractivity contribution in [2.24, 2.45) is 11.7 Å². The highest BCUT2D eigenvalue weighted by Crippen LogP contribution is 2.37. The van der Waals surface area contributed by atoms with E-state index < -0.39 is 12.1 Å². The van der Waals surface area contributed by atoms with Gasteiger partial charge in [0.2, 0.25) is 11.8 Å². The molecule has 0 bridgehead atoms. The summed E-state index contributed by atoms with van der Waals surface area (Å²) >= 11 is 0. The number of nitrogens with zero attached hydrogens (tertiary/aromatic N) is 1. The first-order valence-corrected chi connectivity index (χ1v) is 9.56. The summed E-state index contributed by atoms with van der Waals surface area (Å²) in [5.74, 6) is -0.468. The molecule has 0 saturated carbocycles. The molecule has 2 aromatic rings. The summed E-state index contributed by atoms with van der Waals surface area (Å²) in [6.45, 7) is 3.44. The molecule has 1 aliphatic rings. The fourth-order valence-corrected chi connectivity index (χ4v) is 3.90. The number of aryl methyl sites for hydroxylation is 1. The van der Waals surface area contributed by atoms with Crippen LogP contribution >= 0.6 is 0 Å².